The minimum Gasteiger partial charge on any atom is -0.373 e. The summed E-state index contributed by atoms with van der Waals surface area (Å²) in [5.41, 5.74) is 3.11. The molecule has 2 aliphatic rings. The average Bonchev–Trinajstić information content (AvgIpc) is 3.00. The third kappa shape index (κ3) is 3.70. The Balaban J connectivity index is 1.70. The first-order chi connectivity index (χ1) is 10.3. The van der Waals surface area contributed by atoms with Gasteiger partial charge in [0.1, 0.15) is 0 Å². The molecule has 1 saturated heterocycles. The minimum absolute atomic E-state index is 0.415. The van der Waals surface area contributed by atoms with Crippen LogP contribution < -0.4 is 5.32 Å². The monoisotopic (exact) mass is 290 g/mol. The molecule has 21 heavy (non-hydrogen) atoms. The maximum Gasteiger partial charge on any atom is 0.0758 e. The first-order valence-electron chi connectivity index (χ1n) is 8.83. The van der Waals surface area contributed by atoms with Crippen molar-refractivity contribution in [1.82, 2.24) is 9.88 Å². The van der Waals surface area contributed by atoms with Gasteiger partial charge in [-0.05, 0) is 63.1 Å². The van der Waals surface area contributed by atoms with E-state index in [-0.39, 0.29) is 0 Å². The molecule has 0 amide bonds. The number of aryl methyl sites for hydroxylation is 1. The lowest BCUT2D eigenvalue weighted by Gasteiger charge is -2.17. The molecular weight excluding hydrogens is 260 g/mol. The zero-order valence-corrected chi connectivity index (χ0v) is 13.6. The summed E-state index contributed by atoms with van der Waals surface area (Å²) in [6, 6.07) is 0.562. The van der Waals surface area contributed by atoms with Crippen molar-refractivity contribution in [1.29, 1.82) is 0 Å². The van der Waals surface area contributed by atoms with Crippen LogP contribution in [0.5, 0.6) is 0 Å². The van der Waals surface area contributed by atoms with E-state index in [1.807, 2.05) is 0 Å². The van der Waals surface area contributed by atoms with E-state index >= 15 is 0 Å². The third-order valence-corrected chi connectivity index (χ3v) is 4.94. The van der Waals surface area contributed by atoms with Crippen LogP contribution in [0.4, 0.5) is 0 Å². The molecule has 118 valence electrons. The van der Waals surface area contributed by atoms with Crippen LogP contribution in [0.2, 0.25) is 0 Å². The summed E-state index contributed by atoms with van der Waals surface area (Å²) < 4.78 is 8.37. The standard InChI is InChI=1S/C18H30N2O/c1-3-10-19-18-7-5-4-6-15-11-20(13-17(15)18)12-16-9-8-14(2)21-16/h11,13-14,16,18-19H,3-10,12H2,1-2H3. The van der Waals surface area contributed by atoms with Gasteiger partial charge >= 0.3 is 0 Å². The van der Waals surface area contributed by atoms with Crippen LogP contribution in [0.3, 0.4) is 0 Å². The molecule has 1 N–H and O–H groups in total. The Morgan fingerprint density at radius 2 is 2.14 bits per heavy atom. The minimum atomic E-state index is 0.415. The summed E-state index contributed by atoms with van der Waals surface area (Å²) in [5, 5.41) is 3.74. The molecule has 3 rings (SSSR count). The largest absolute Gasteiger partial charge is 0.373 e. The van der Waals surface area contributed by atoms with Crippen LogP contribution in [-0.2, 0) is 17.7 Å². The Morgan fingerprint density at radius 1 is 1.24 bits per heavy atom. The summed E-state index contributed by atoms with van der Waals surface area (Å²) in [4.78, 5) is 0. The molecule has 0 spiro atoms. The van der Waals surface area contributed by atoms with E-state index in [0.29, 0.717) is 18.2 Å². The Hall–Kier alpha value is -0.800. The predicted octanol–water partition coefficient (Wildman–Crippen LogP) is 3.82. The van der Waals surface area contributed by atoms with Gasteiger partial charge in [-0.3, -0.25) is 0 Å². The Morgan fingerprint density at radius 3 is 2.90 bits per heavy atom. The molecule has 1 aliphatic heterocycles. The van der Waals surface area contributed by atoms with Crippen molar-refractivity contribution in [3.05, 3.63) is 23.5 Å². The number of nitrogens with one attached hydrogen (secondary N) is 1. The van der Waals surface area contributed by atoms with Gasteiger partial charge in [-0.15, -0.1) is 0 Å². The van der Waals surface area contributed by atoms with Crippen molar-refractivity contribution in [3.63, 3.8) is 0 Å². The summed E-state index contributed by atoms with van der Waals surface area (Å²) >= 11 is 0. The van der Waals surface area contributed by atoms with Crippen LogP contribution in [0.1, 0.15) is 69.5 Å². The summed E-state index contributed by atoms with van der Waals surface area (Å²) in [7, 11) is 0. The molecule has 0 radical (unpaired) electrons. The molecule has 1 aromatic heterocycles. The molecule has 3 nitrogen and oxygen atoms in total. The summed E-state index contributed by atoms with van der Waals surface area (Å²) in [6.07, 6.45) is 14.5. The van der Waals surface area contributed by atoms with Gasteiger partial charge in [-0.25, -0.2) is 0 Å². The molecule has 1 aromatic rings. The van der Waals surface area contributed by atoms with E-state index < -0.39 is 0 Å². The van der Waals surface area contributed by atoms with Crippen LogP contribution in [0.15, 0.2) is 12.4 Å². The second-order valence-electron chi connectivity index (χ2n) is 6.83. The molecule has 1 aliphatic carbocycles. The number of hydrogen-bond donors (Lipinski definition) is 1. The van der Waals surface area contributed by atoms with Gasteiger partial charge in [0.2, 0.25) is 0 Å². The molecule has 0 bridgehead atoms. The van der Waals surface area contributed by atoms with Crippen molar-refractivity contribution < 1.29 is 4.74 Å². The fourth-order valence-electron chi connectivity index (χ4n) is 3.81. The zero-order chi connectivity index (χ0) is 14.7. The van der Waals surface area contributed by atoms with Crippen molar-refractivity contribution in [2.24, 2.45) is 0 Å². The topological polar surface area (TPSA) is 26.2 Å². The maximum absolute atomic E-state index is 5.98. The van der Waals surface area contributed by atoms with E-state index in [1.54, 1.807) is 11.1 Å². The molecular formula is C18H30N2O. The van der Waals surface area contributed by atoms with Crippen LogP contribution in [-0.4, -0.2) is 23.3 Å². The summed E-state index contributed by atoms with van der Waals surface area (Å²) in [6.45, 7) is 6.58. The first kappa shape index (κ1) is 15.1. The maximum atomic E-state index is 5.98. The van der Waals surface area contributed by atoms with E-state index in [1.165, 1.54) is 44.9 Å². The Kier molecular flexibility index (Phi) is 5.02. The van der Waals surface area contributed by atoms with Gasteiger partial charge < -0.3 is 14.6 Å². The number of rotatable bonds is 5. The van der Waals surface area contributed by atoms with E-state index in [2.05, 4.69) is 36.1 Å². The van der Waals surface area contributed by atoms with Crippen molar-refractivity contribution in [2.45, 2.75) is 83.6 Å². The summed E-state index contributed by atoms with van der Waals surface area (Å²) in [5.74, 6) is 0. The van der Waals surface area contributed by atoms with Gasteiger partial charge in [-0.2, -0.15) is 0 Å². The van der Waals surface area contributed by atoms with E-state index in [0.717, 1.165) is 13.1 Å². The molecule has 0 aromatic carbocycles. The number of hydrogen-bond acceptors (Lipinski definition) is 2. The van der Waals surface area contributed by atoms with Gasteiger partial charge in [-0.1, -0.05) is 13.3 Å². The number of ether oxygens (including phenoxy) is 1. The SMILES string of the molecule is CCCNC1CCCCc2cn(CC3CCC(C)O3)cc21. The highest BCUT2D eigenvalue weighted by Gasteiger charge is 2.24. The number of fused-ring (bicyclic) bond motifs is 1. The fourth-order valence-corrected chi connectivity index (χ4v) is 3.81. The van der Waals surface area contributed by atoms with Crippen molar-refractivity contribution in [2.75, 3.05) is 6.54 Å². The fraction of sp³-hybridized carbons (Fsp3) is 0.778. The van der Waals surface area contributed by atoms with E-state index in [4.69, 9.17) is 4.74 Å². The highest BCUT2D eigenvalue weighted by atomic mass is 16.5. The predicted molar refractivity (Wildman–Crippen MR) is 86.6 cm³/mol. The highest BCUT2D eigenvalue weighted by molar-refractivity contribution is 5.29. The Bertz CT molecular complexity index is 454. The normalized spacial score (nSPS) is 29.3. The van der Waals surface area contributed by atoms with E-state index in [9.17, 15) is 0 Å². The third-order valence-electron chi connectivity index (χ3n) is 4.94. The highest BCUT2D eigenvalue weighted by Crippen LogP contribution is 2.30. The molecule has 3 heteroatoms. The lowest BCUT2D eigenvalue weighted by molar-refractivity contribution is 0.0458. The Labute approximate surface area is 129 Å². The van der Waals surface area contributed by atoms with Gasteiger partial charge in [0.25, 0.3) is 0 Å². The molecule has 3 unspecified atom stereocenters. The lowest BCUT2D eigenvalue weighted by atomic mass is 10.0. The van der Waals surface area contributed by atoms with Crippen molar-refractivity contribution >= 4 is 0 Å². The second kappa shape index (κ2) is 6.97. The lowest BCUT2D eigenvalue weighted by Crippen LogP contribution is -2.22. The van der Waals surface area contributed by atoms with Crippen LogP contribution in [0, 0.1) is 0 Å². The van der Waals surface area contributed by atoms with Gasteiger partial charge in [0.15, 0.2) is 0 Å². The second-order valence-corrected chi connectivity index (χ2v) is 6.83. The van der Waals surface area contributed by atoms with Crippen molar-refractivity contribution in [3.8, 4) is 0 Å². The molecule has 3 atom stereocenters. The zero-order valence-electron chi connectivity index (χ0n) is 13.6. The molecule has 1 fully saturated rings. The van der Waals surface area contributed by atoms with Gasteiger partial charge in [0.05, 0.1) is 12.2 Å². The first-order valence-corrected chi connectivity index (χ1v) is 8.83. The van der Waals surface area contributed by atoms with Gasteiger partial charge in [0, 0.05) is 25.0 Å². The number of aromatic nitrogens is 1. The van der Waals surface area contributed by atoms with Crippen LogP contribution >= 0.6 is 0 Å². The number of nitrogens with zero attached hydrogens (tertiary/aromatic N) is 1. The smallest absolute Gasteiger partial charge is 0.0758 e. The quantitative estimate of drug-likeness (QED) is 0.834. The molecule has 2 heterocycles. The molecule has 0 saturated carbocycles. The van der Waals surface area contributed by atoms with Crippen LogP contribution in [0.25, 0.3) is 0 Å². The average molecular weight is 290 g/mol.